The number of hydrogen-bond donors (Lipinski definition) is 1. The van der Waals surface area contributed by atoms with Gasteiger partial charge in [-0.05, 0) is 24.6 Å². The van der Waals surface area contributed by atoms with Gasteiger partial charge in [-0.3, -0.25) is 0 Å². The van der Waals surface area contributed by atoms with Crippen molar-refractivity contribution in [2.45, 2.75) is 13.0 Å². The number of benzene rings is 1. The molecule has 4 heteroatoms. The standard InChI is InChI=1S/C12H13FO3/c1-3-10(12(15)16-2)11(14)8-4-6-9(13)7-5-8/h3-7,11,14H,1-2H3/b10-3+. The number of rotatable bonds is 3. The largest absolute Gasteiger partial charge is 0.466 e. The molecule has 0 radical (unpaired) electrons. The van der Waals surface area contributed by atoms with Crippen LogP contribution in [-0.2, 0) is 9.53 Å². The number of carbonyl (C=O) groups excluding carboxylic acids is 1. The molecule has 16 heavy (non-hydrogen) atoms. The molecule has 86 valence electrons. The summed E-state index contributed by atoms with van der Waals surface area (Å²) >= 11 is 0. The van der Waals surface area contributed by atoms with Crippen LogP contribution in [0.4, 0.5) is 4.39 Å². The van der Waals surface area contributed by atoms with E-state index in [0.29, 0.717) is 5.56 Å². The molecule has 1 aromatic carbocycles. The van der Waals surface area contributed by atoms with Gasteiger partial charge in [-0.2, -0.15) is 0 Å². The summed E-state index contributed by atoms with van der Waals surface area (Å²) in [6, 6.07) is 5.30. The molecule has 0 saturated carbocycles. The molecule has 0 aliphatic heterocycles. The molecule has 0 spiro atoms. The van der Waals surface area contributed by atoms with Gasteiger partial charge in [-0.15, -0.1) is 0 Å². The summed E-state index contributed by atoms with van der Waals surface area (Å²) in [4.78, 5) is 11.3. The predicted molar refractivity (Wildman–Crippen MR) is 57.1 cm³/mol. The smallest absolute Gasteiger partial charge is 0.336 e. The van der Waals surface area contributed by atoms with E-state index < -0.39 is 17.9 Å². The summed E-state index contributed by atoms with van der Waals surface area (Å²) < 4.78 is 17.2. The van der Waals surface area contributed by atoms with Gasteiger partial charge >= 0.3 is 5.97 Å². The summed E-state index contributed by atoms with van der Waals surface area (Å²) in [5.41, 5.74) is 0.578. The molecule has 1 N–H and O–H groups in total. The van der Waals surface area contributed by atoms with Crippen LogP contribution in [0, 0.1) is 5.82 Å². The van der Waals surface area contributed by atoms with E-state index in [1.54, 1.807) is 6.92 Å². The van der Waals surface area contributed by atoms with Crippen molar-refractivity contribution in [2.24, 2.45) is 0 Å². The summed E-state index contributed by atoms with van der Waals surface area (Å²) in [5.74, 6) is -0.990. The predicted octanol–water partition coefficient (Wildman–Crippen LogP) is 1.98. The second-order valence-corrected chi connectivity index (χ2v) is 3.19. The Morgan fingerprint density at radius 2 is 2.00 bits per heavy atom. The second kappa shape index (κ2) is 5.42. The third kappa shape index (κ3) is 2.67. The van der Waals surface area contributed by atoms with Crippen LogP contribution in [0.2, 0.25) is 0 Å². The minimum atomic E-state index is -1.10. The molecule has 1 aromatic rings. The van der Waals surface area contributed by atoms with E-state index in [1.807, 2.05) is 0 Å². The van der Waals surface area contributed by atoms with Crippen LogP contribution in [0.15, 0.2) is 35.9 Å². The molecule has 1 rings (SSSR count). The van der Waals surface area contributed by atoms with Crippen molar-refractivity contribution in [3.05, 3.63) is 47.3 Å². The zero-order valence-electron chi connectivity index (χ0n) is 9.11. The molecule has 0 aromatic heterocycles. The first-order chi connectivity index (χ1) is 7.60. The minimum absolute atomic E-state index is 0.133. The van der Waals surface area contributed by atoms with E-state index in [-0.39, 0.29) is 5.57 Å². The number of esters is 1. The van der Waals surface area contributed by atoms with E-state index in [4.69, 9.17) is 0 Å². The first kappa shape index (κ1) is 12.4. The molecule has 0 amide bonds. The van der Waals surface area contributed by atoms with E-state index >= 15 is 0 Å². The molecule has 1 atom stereocenters. The van der Waals surface area contributed by atoms with E-state index in [1.165, 1.54) is 37.5 Å². The number of ether oxygens (including phenoxy) is 1. The Labute approximate surface area is 93.2 Å². The monoisotopic (exact) mass is 224 g/mol. The Kier molecular flexibility index (Phi) is 4.19. The third-order valence-corrected chi connectivity index (χ3v) is 2.21. The molecule has 0 aliphatic rings. The fourth-order valence-electron chi connectivity index (χ4n) is 1.33. The number of methoxy groups -OCH3 is 1. The van der Waals surface area contributed by atoms with E-state index in [0.717, 1.165) is 0 Å². The average molecular weight is 224 g/mol. The van der Waals surface area contributed by atoms with Gasteiger partial charge in [0.1, 0.15) is 11.9 Å². The van der Waals surface area contributed by atoms with Crippen molar-refractivity contribution in [3.63, 3.8) is 0 Å². The van der Waals surface area contributed by atoms with Gasteiger partial charge in [-0.25, -0.2) is 9.18 Å². The van der Waals surface area contributed by atoms with Gasteiger partial charge in [0, 0.05) is 0 Å². The fraction of sp³-hybridized carbons (Fsp3) is 0.250. The average Bonchev–Trinajstić information content (AvgIpc) is 2.30. The van der Waals surface area contributed by atoms with Crippen LogP contribution in [0.25, 0.3) is 0 Å². The van der Waals surface area contributed by atoms with Gasteiger partial charge in [0.05, 0.1) is 12.7 Å². The Morgan fingerprint density at radius 3 is 2.44 bits per heavy atom. The summed E-state index contributed by atoms with van der Waals surface area (Å²) in [5, 5.41) is 9.88. The van der Waals surface area contributed by atoms with Crippen molar-refractivity contribution >= 4 is 5.97 Å². The molecule has 3 nitrogen and oxygen atoms in total. The van der Waals surface area contributed by atoms with Gasteiger partial charge in [0.2, 0.25) is 0 Å². The van der Waals surface area contributed by atoms with Gasteiger partial charge < -0.3 is 9.84 Å². The first-order valence-corrected chi connectivity index (χ1v) is 4.78. The normalized spacial score (nSPS) is 13.4. The second-order valence-electron chi connectivity index (χ2n) is 3.19. The van der Waals surface area contributed by atoms with Crippen molar-refractivity contribution in [3.8, 4) is 0 Å². The maximum absolute atomic E-state index is 12.7. The van der Waals surface area contributed by atoms with E-state index in [2.05, 4.69) is 4.74 Å². The van der Waals surface area contributed by atoms with Crippen molar-refractivity contribution in [2.75, 3.05) is 7.11 Å². The van der Waals surface area contributed by atoms with Crippen LogP contribution in [0.3, 0.4) is 0 Å². The Balaban J connectivity index is 2.96. The van der Waals surface area contributed by atoms with Crippen LogP contribution >= 0.6 is 0 Å². The molecular formula is C12H13FO3. The summed E-state index contributed by atoms with van der Waals surface area (Å²) in [6.45, 7) is 1.62. The maximum atomic E-state index is 12.7. The first-order valence-electron chi connectivity index (χ1n) is 4.78. The number of halogens is 1. The lowest BCUT2D eigenvalue weighted by atomic mass is 10.0. The third-order valence-electron chi connectivity index (χ3n) is 2.21. The van der Waals surface area contributed by atoms with E-state index in [9.17, 15) is 14.3 Å². The van der Waals surface area contributed by atoms with Gasteiger partial charge in [0.25, 0.3) is 0 Å². The Bertz CT molecular complexity index is 395. The van der Waals surface area contributed by atoms with Crippen LogP contribution in [0.5, 0.6) is 0 Å². The van der Waals surface area contributed by atoms with Crippen molar-refractivity contribution in [1.29, 1.82) is 0 Å². The SMILES string of the molecule is C/C=C(/C(=O)OC)C(O)c1ccc(F)cc1. The number of aliphatic hydroxyl groups is 1. The van der Waals surface area contributed by atoms with Crippen LogP contribution in [0.1, 0.15) is 18.6 Å². The molecule has 0 fully saturated rings. The molecule has 1 unspecified atom stereocenters. The number of aliphatic hydroxyl groups excluding tert-OH is 1. The fourth-order valence-corrected chi connectivity index (χ4v) is 1.33. The number of allylic oxidation sites excluding steroid dienone is 1. The maximum Gasteiger partial charge on any atom is 0.336 e. The number of hydrogen-bond acceptors (Lipinski definition) is 3. The lowest BCUT2D eigenvalue weighted by molar-refractivity contribution is -0.137. The molecule has 0 heterocycles. The number of carbonyl (C=O) groups is 1. The zero-order valence-corrected chi connectivity index (χ0v) is 9.11. The molecule has 0 bridgehead atoms. The highest BCUT2D eigenvalue weighted by molar-refractivity contribution is 5.89. The van der Waals surface area contributed by atoms with Crippen molar-refractivity contribution in [1.82, 2.24) is 0 Å². The van der Waals surface area contributed by atoms with Crippen LogP contribution < -0.4 is 0 Å². The van der Waals surface area contributed by atoms with Gasteiger partial charge in [0.15, 0.2) is 0 Å². The zero-order chi connectivity index (χ0) is 12.1. The Hall–Kier alpha value is -1.68. The minimum Gasteiger partial charge on any atom is -0.466 e. The van der Waals surface area contributed by atoms with Crippen LogP contribution in [-0.4, -0.2) is 18.2 Å². The quantitative estimate of drug-likeness (QED) is 0.630. The molecule has 0 aliphatic carbocycles. The summed E-state index contributed by atoms with van der Waals surface area (Å²) in [6.07, 6.45) is 0.373. The highest BCUT2D eigenvalue weighted by Gasteiger charge is 2.19. The highest BCUT2D eigenvalue weighted by Crippen LogP contribution is 2.22. The molecular weight excluding hydrogens is 211 g/mol. The highest BCUT2D eigenvalue weighted by atomic mass is 19.1. The molecule has 0 saturated heterocycles. The Morgan fingerprint density at radius 1 is 1.44 bits per heavy atom. The van der Waals surface area contributed by atoms with Crippen molar-refractivity contribution < 1.29 is 19.0 Å². The van der Waals surface area contributed by atoms with Gasteiger partial charge in [-0.1, -0.05) is 18.2 Å². The lowest BCUT2D eigenvalue weighted by Gasteiger charge is -2.13. The summed E-state index contributed by atoms with van der Waals surface area (Å²) in [7, 11) is 1.24. The topological polar surface area (TPSA) is 46.5 Å². The lowest BCUT2D eigenvalue weighted by Crippen LogP contribution is -2.13.